The third-order valence-electron chi connectivity index (χ3n) is 10.2. The van der Waals surface area contributed by atoms with Crippen molar-refractivity contribution in [2.75, 3.05) is 0 Å². The zero-order valence-electron chi connectivity index (χ0n) is 27.9. The smallest absolute Gasteiger partial charge is 0.164 e. The largest absolute Gasteiger partial charge is 0.454 e. The molecule has 8 aromatic carbocycles. The van der Waals surface area contributed by atoms with Crippen LogP contribution in [0.25, 0.3) is 94.3 Å². The van der Waals surface area contributed by atoms with Crippen molar-refractivity contribution in [3.8, 4) is 62.5 Å². The fourth-order valence-corrected chi connectivity index (χ4v) is 7.85. The van der Waals surface area contributed by atoms with Gasteiger partial charge in [-0.05, 0) is 58.1 Å². The van der Waals surface area contributed by atoms with Crippen LogP contribution in [0.1, 0.15) is 0 Å². The standard InChI is InChI=1S/C47H28N4O/c1-3-13-29(14-4-1)45-48-46(30-15-5-2-6-16-30)50-47(49-45)37-25-26-42-43-34(20-11-21-35(37)43)36-22-12-24-40(44(36)52-42)51-39-23-10-9-19-33(39)38-27-31-17-7-8-18-32(31)28-41(38)51/h1-28H. The van der Waals surface area contributed by atoms with Crippen LogP contribution in [0.15, 0.2) is 170 Å². The summed E-state index contributed by atoms with van der Waals surface area (Å²) in [5.41, 5.74) is 8.26. The van der Waals surface area contributed by atoms with Crippen LogP contribution in [0.3, 0.4) is 0 Å². The number of nitrogens with zero attached hydrogens (tertiary/aromatic N) is 4. The number of rotatable bonds is 4. The lowest BCUT2D eigenvalue weighted by atomic mass is 9.92. The number of fused-ring (bicyclic) bond motifs is 6. The summed E-state index contributed by atoms with van der Waals surface area (Å²) in [6.07, 6.45) is 0. The average molecular weight is 665 g/mol. The molecule has 2 aromatic heterocycles. The molecule has 0 unspecified atom stereocenters. The Balaban J connectivity index is 1.13. The highest BCUT2D eigenvalue weighted by Crippen LogP contribution is 2.51. The summed E-state index contributed by atoms with van der Waals surface area (Å²) in [4.78, 5) is 15.0. The summed E-state index contributed by atoms with van der Waals surface area (Å²) in [7, 11) is 0. The van der Waals surface area contributed by atoms with E-state index in [1.54, 1.807) is 0 Å². The molecule has 0 atom stereocenters. The molecular weight excluding hydrogens is 637 g/mol. The van der Waals surface area contributed by atoms with E-state index in [1.165, 1.54) is 21.5 Å². The molecule has 0 saturated carbocycles. The molecule has 0 spiro atoms. The van der Waals surface area contributed by atoms with Gasteiger partial charge in [-0.25, -0.2) is 15.0 Å². The van der Waals surface area contributed by atoms with Crippen molar-refractivity contribution >= 4 is 43.4 Å². The van der Waals surface area contributed by atoms with Gasteiger partial charge in [-0.2, -0.15) is 0 Å². The molecule has 1 aliphatic heterocycles. The van der Waals surface area contributed by atoms with Crippen molar-refractivity contribution < 1.29 is 4.74 Å². The molecule has 0 radical (unpaired) electrons. The zero-order valence-corrected chi connectivity index (χ0v) is 27.9. The molecule has 0 fully saturated rings. The molecule has 5 heteroatoms. The minimum atomic E-state index is 0.619. The molecule has 0 amide bonds. The lowest BCUT2D eigenvalue weighted by molar-refractivity contribution is 0.485. The van der Waals surface area contributed by atoms with Crippen molar-refractivity contribution in [3.05, 3.63) is 170 Å². The Hall–Kier alpha value is -7.11. The summed E-state index contributed by atoms with van der Waals surface area (Å²) >= 11 is 0. The van der Waals surface area contributed by atoms with Gasteiger partial charge in [0, 0.05) is 38.4 Å². The maximum absolute atomic E-state index is 6.99. The third kappa shape index (κ3) is 4.33. The monoisotopic (exact) mass is 664 g/mol. The Kier molecular flexibility index (Phi) is 6.18. The van der Waals surface area contributed by atoms with Crippen molar-refractivity contribution in [2.24, 2.45) is 0 Å². The Morgan fingerprint density at radius 3 is 1.79 bits per heavy atom. The van der Waals surface area contributed by atoms with Crippen molar-refractivity contribution in [2.45, 2.75) is 0 Å². The summed E-state index contributed by atoms with van der Waals surface area (Å²) in [6, 6.07) is 59.1. The first-order chi connectivity index (χ1) is 25.8. The Bertz CT molecular complexity index is 2980. The first kappa shape index (κ1) is 28.7. The molecule has 52 heavy (non-hydrogen) atoms. The van der Waals surface area contributed by atoms with E-state index in [0.717, 1.165) is 66.8 Å². The number of ether oxygens (including phenoxy) is 1. The zero-order chi connectivity index (χ0) is 34.2. The van der Waals surface area contributed by atoms with E-state index in [1.807, 2.05) is 60.7 Å². The number of hydrogen-bond donors (Lipinski definition) is 0. The fourth-order valence-electron chi connectivity index (χ4n) is 7.85. The highest BCUT2D eigenvalue weighted by atomic mass is 16.5. The third-order valence-corrected chi connectivity index (χ3v) is 10.2. The van der Waals surface area contributed by atoms with Gasteiger partial charge in [0.1, 0.15) is 5.75 Å². The van der Waals surface area contributed by atoms with Crippen LogP contribution < -0.4 is 4.74 Å². The van der Waals surface area contributed by atoms with E-state index in [4.69, 9.17) is 19.7 Å². The first-order valence-electron chi connectivity index (χ1n) is 17.5. The highest BCUT2D eigenvalue weighted by Gasteiger charge is 2.27. The van der Waals surface area contributed by atoms with Gasteiger partial charge in [0.2, 0.25) is 0 Å². The second kappa shape index (κ2) is 11.2. The maximum atomic E-state index is 6.99. The minimum Gasteiger partial charge on any atom is -0.454 e. The molecule has 10 aromatic rings. The summed E-state index contributed by atoms with van der Waals surface area (Å²) in [6.45, 7) is 0. The predicted octanol–water partition coefficient (Wildman–Crippen LogP) is 12.0. The minimum absolute atomic E-state index is 0.619. The normalized spacial score (nSPS) is 12.0. The number of hydrogen-bond acceptors (Lipinski definition) is 4. The topological polar surface area (TPSA) is 52.8 Å². The second-order valence-corrected chi connectivity index (χ2v) is 13.2. The average Bonchev–Trinajstić information content (AvgIpc) is 3.53. The quantitative estimate of drug-likeness (QED) is 0.188. The van der Waals surface area contributed by atoms with Crippen molar-refractivity contribution in [1.29, 1.82) is 0 Å². The molecule has 0 saturated heterocycles. The summed E-state index contributed by atoms with van der Waals surface area (Å²) < 4.78 is 9.35. The Labute approximate surface area is 299 Å². The van der Waals surface area contributed by atoms with Crippen LogP contribution in [-0.2, 0) is 0 Å². The molecule has 3 heterocycles. The van der Waals surface area contributed by atoms with Gasteiger partial charge in [0.25, 0.3) is 0 Å². The lowest BCUT2D eigenvalue weighted by Crippen LogP contribution is -2.04. The van der Waals surface area contributed by atoms with E-state index in [2.05, 4.69) is 114 Å². The van der Waals surface area contributed by atoms with Crippen LogP contribution >= 0.6 is 0 Å². The van der Waals surface area contributed by atoms with Crippen molar-refractivity contribution in [3.63, 3.8) is 0 Å². The van der Waals surface area contributed by atoms with Crippen LogP contribution in [0.4, 0.5) is 0 Å². The summed E-state index contributed by atoms with van der Waals surface area (Å²) in [5.74, 6) is 3.53. The van der Waals surface area contributed by atoms with Gasteiger partial charge < -0.3 is 9.30 Å². The molecule has 0 bridgehead atoms. The van der Waals surface area contributed by atoms with E-state index in [9.17, 15) is 0 Å². The van der Waals surface area contributed by atoms with Gasteiger partial charge in [0.15, 0.2) is 23.2 Å². The predicted molar refractivity (Wildman–Crippen MR) is 211 cm³/mol. The Morgan fingerprint density at radius 2 is 1.02 bits per heavy atom. The lowest BCUT2D eigenvalue weighted by Gasteiger charge is -2.25. The van der Waals surface area contributed by atoms with Crippen LogP contribution in [0.2, 0.25) is 0 Å². The molecule has 0 aliphatic carbocycles. The molecule has 1 aliphatic rings. The Morgan fingerprint density at radius 1 is 0.404 bits per heavy atom. The van der Waals surface area contributed by atoms with E-state index in [0.29, 0.717) is 17.5 Å². The molecular formula is C47H28N4O. The van der Waals surface area contributed by atoms with E-state index >= 15 is 0 Å². The maximum Gasteiger partial charge on any atom is 0.164 e. The van der Waals surface area contributed by atoms with Gasteiger partial charge in [-0.15, -0.1) is 0 Å². The van der Waals surface area contributed by atoms with E-state index < -0.39 is 0 Å². The number of benzene rings is 8. The highest BCUT2D eigenvalue weighted by molar-refractivity contribution is 6.14. The van der Waals surface area contributed by atoms with Gasteiger partial charge >= 0.3 is 0 Å². The van der Waals surface area contributed by atoms with Gasteiger partial charge in [-0.3, -0.25) is 0 Å². The first-order valence-corrected chi connectivity index (χ1v) is 17.5. The molecule has 242 valence electrons. The number of aromatic nitrogens is 4. The van der Waals surface area contributed by atoms with Gasteiger partial charge in [0.05, 0.1) is 16.7 Å². The van der Waals surface area contributed by atoms with Crippen LogP contribution in [0, 0.1) is 0 Å². The summed E-state index contributed by atoms with van der Waals surface area (Å²) in [5, 5.41) is 6.93. The van der Waals surface area contributed by atoms with Crippen molar-refractivity contribution in [1.82, 2.24) is 19.5 Å². The van der Waals surface area contributed by atoms with Gasteiger partial charge in [-0.1, -0.05) is 133 Å². The fraction of sp³-hybridized carbons (Fsp3) is 0. The molecule has 0 N–H and O–H groups in total. The number of para-hydroxylation sites is 2. The van der Waals surface area contributed by atoms with E-state index in [-0.39, 0.29) is 0 Å². The van der Waals surface area contributed by atoms with Crippen LogP contribution in [-0.4, -0.2) is 19.5 Å². The second-order valence-electron chi connectivity index (χ2n) is 13.2. The molecule has 11 rings (SSSR count). The molecule has 5 nitrogen and oxygen atoms in total. The van der Waals surface area contributed by atoms with Crippen LogP contribution in [0.5, 0.6) is 11.5 Å². The SMILES string of the molecule is c1ccc(-c2nc(-c3ccccc3)nc(-c3ccc4c5c(cccc35)-c3cccc(-n5c6ccccc6c6cc7ccccc7cc65)c3O4)n2)cc1.